The molecule has 17 heavy (non-hydrogen) atoms. The Bertz CT molecular complexity index is 535. The molecule has 0 aliphatic heterocycles. The molecule has 2 aromatic rings. The molecule has 0 unspecified atom stereocenters. The first-order valence-electron chi connectivity index (χ1n) is 5.19. The topological polar surface area (TPSA) is 73.2 Å². The molecule has 0 amide bonds. The maximum absolute atomic E-state index is 5.81. The monoisotopic (exact) mass is 233 g/mol. The van der Waals surface area contributed by atoms with E-state index in [9.17, 15) is 0 Å². The minimum absolute atomic E-state index is 0.542. The van der Waals surface area contributed by atoms with E-state index in [0.717, 1.165) is 16.7 Å². The summed E-state index contributed by atoms with van der Waals surface area (Å²) in [6.07, 6.45) is 1.70. The molecule has 0 bridgehead atoms. The van der Waals surface area contributed by atoms with Crippen molar-refractivity contribution in [2.45, 2.75) is 6.92 Å². The number of methoxy groups -OCH3 is 2. The highest BCUT2D eigenvalue weighted by Crippen LogP contribution is 2.38. The molecule has 2 rings (SSSR count). The summed E-state index contributed by atoms with van der Waals surface area (Å²) in [4.78, 5) is 0. The molecule has 0 aliphatic rings. The highest BCUT2D eigenvalue weighted by molar-refractivity contribution is 5.78. The van der Waals surface area contributed by atoms with Crippen LogP contribution in [0.3, 0.4) is 0 Å². The number of rotatable bonds is 3. The number of nitrogens with two attached hydrogens (primary N) is 1. The third-order valence-corrected chi connectivity index (χ3v) is 2.75. The van der Waals surface area contributed by atoms with Crippen LogP contribution in [-0.4, -0.2) is 24.4 Å². The van der Waals surface area contributed by atoms with Gasteiger partial charge in [-0.25, -0.2) is 0 Å². The number of nitrogens with zero attached hydrogens (tertiary/aromatic N) is 1. The van der Waals surface area contributed by atoms with Crippen LogP contribution < -0.4 is 15.2 Å². The minimum atomic E-state index is 0.542. The predicted molar refractivity (Wildman–Crippen MR) is 66.3 cm³/mol. The van der Waals surface area contributed by atoms with Gasteiger partial charge in [0.1, 0.15) is 5.82 Å². The van der Waals surface area contributed by atoms with Gasteiger partial charge in [-0.3, -0.25) is 5.10 Å². The smallest absolute Gasteiger partial charge is 0.164 e. The lowest BCUT2D eigenvalue weighted by molar-refractivity contribution is 0.353. The average Bonchev–Trinajstić information content (AvgIpc) is 2.75. The number of hydrogen-bond acceptors (Lipinski definition) is 4. The molecule has 0 spiro atoms. The highest BCUT2D eigenvalue weighted by atomic mass is 16.5. The molecular formula is C12H15N3O2. The minimum Gasteiger partial charge on any atom is -0.493 e. The first kappa shape index (κ1) is 11.3. The van der Waals surface area contributed by atoms with Gasteiger partial charge < -0.3 is 15.2 Å². The third-order valence-electron chi connectivity index (χ3n) is 2.75. The van der Waals surface area contributed by atoms with E-state index in [1.54, 1.807) is 20.4 Å². The fourth-order valence-electron chi connectivity index (χ4n) is 1.88. The summed E-state index contributed by atoms with van der Waals surface area (Å²) in [5.41, 5.74) is 8.63. The molecule has 0 aliphatic carbocycles. The Morgan fingerprint density at radius 2 is 1.94 bits per heavy atom. The summed E-state index contributed by atoms with van der Waals surface area (Å²) >= 11 is 0. The van der Waals surface area contributed by atoms with Crippen molar-refractivity contribution in [3.05, 3.63) is 23.9 Å². The predicted octanol–water partition coefficient (Wildman–Crippen LogP) is 1.98. The second-order valence-corrected chi connectivity index (χ2v) is 3.67. The fourth-order valence-corrected chi connectivity index (χ4v) is 1.88. The van der Waals surface area contributed by atoms with E-state index in [0.29, 0.717) is 17.3 Å². The van der Waals surface area contributed by atoms with E-state index in [1.165, 1.54) is 0 Å². The Kier molecular flexibility index (Phi) is 2.91. The maximum atomic E-state index is 5.81. The van der Waals surface area contributed by atoms with E-state index in [2.05, 4.69) is 10.2 Å². The quantitative estimate of drug-likeness (QED) is 0.850. The van der Waals surface area contributed by atoms with Crippen LogP contribution in [0.4, 0.5) is 5.82 Å². The zero-order valence-electron chi connectivity index (χ0n) is 10.1. The van der Waals surface area contributed by atoms with E-state index in [-0.39, 0.29) is 0 Å². The van der Waals surface area contributed by atoms with Gasteiger partial charge in [0.2, 0.25) is 0 Å². The molecule has 0 atom stereocenters. The van der Waals surface area contributed by atoms with Gasteiger partial charge in [-0.2, -0.15) is 5.10 Å². The maximum Gasteiger partial charge on any atom is 0.164 e. The molecule has 0 radical (unpaired) electrons. The summed E-state index contributed by atoms with van der Waals surface area (Å²) in [6.45, 7) is 1.96. The normalized spacial score (nSPS) is 10.3. The van der Waals surface area contributed by atoms with E-state index >= 15 is 0 Å². The number of ether oxygens (including phenoxy) is 2. The Morgan fingerprint density at radius 1 is 1.18 bits per heavy atom. The lowest BCUT2D eigenvalue weighted by Gasteiger charge is -2.13. The molecule has 5 heteroatoms. The van der Waals surface area contributed by atoms with Crippen LogP contribution in [0, 0.1) is 6.92 Å². The van der Waals surface area contributed by atoms with Crippen molar-refractivity contribution in [1.82, 2.24) is 10.2 Å². The van der Waals surface area contributed by atoms with Crippen molar-refractivity contribution >= 4 is 5.82 Å². The van der Waals surface area contributed by atoms with E-state index in [4.69, 9.17) is 15.2 Å². The molecule has 1 aromatic heterocycles. The van der Waals surface area contributed by atoms with Gasteiger partial charge in [-0.1, -0.05) is 0 Å². The Balaban J connectivity index is 2.61. The molecule has 5 nitrogen and oxygen atoms in total. The molecule has 0 saturated carbocycles. The number of aromatic nitrogens is 2. The van der Waals surface area contributed by atoms with Crippen molar-refractivity contribution in [2.75, 3.05) is 20.0 Å². The number of hydrogen-bond donors (Lipinski definition) is 2. The summed E-state index contributed by atoms with van der Waals surface area (Å²) in [6, 6.07) is 3.80. The Hall–Kier alpha value is -2.17. The molecule has 1 heterocycles. The first-order valence-corrected chi connectivity index (χ1v) is 5.19. The van der Waals surface area contributed by atoms with Crippen molar-refractivity contribution in [3.8, 4) is 22.6 Å². The van der Waals surface area contributed by atoms with Gasteiger partial charge in [-0.15, -0.1) is 0 Å². The molecular weight excluding hydrogens is 218 g/mol. The molecule has 3 N–H and O–H groups in total. The van der Waals surface area contributed by atoms with Crippen LogP contribution >= 0.6 is 0 Å². The standard InChI is InChI=1S/C12H15N3O2/c1-7-8(9-6-14-15-12(9)13)4-5-10(16-2)11(7)17-3/h4-6H,1-3H3,(H3,13,14,15). The van der Waals surface area contributed by atoms with Gasteiger partial charge >= 0.3 is 0 Å². The SMILES string of the molecule is COc1ccc(-c2cn[nH]c2N)c(C)c1OC. The van der Waals surface area contributed by atoms with Crippen molar-refractivity contribution in [1.29, 1.82) is 0 Å². The second kappa shape index (κ2) is 4.37. The van der Waals surface area contributed by atoms with Crippen LogP contribution in [0.15, 0.2) is 18.3 Å². The van der Waals surface area contributed by atoms with Gasteiger partial charge in [-0.05, 0) is 24.6 Å². The van der Waals surface area contributed by atoms with Gasteiger partial charge in [0.05, 0.1) is 20.4 Å². The van der Waals surface area contributed by atoms with Crippen LogP contribution in [-0.2, 0) is 0 Å². The van der Waals surface area contributed by atoms with Gasteiger partial charge in [0.25, 0.3) is 0 Å². The second-order valence-electron chi connectivity index (χ2n) is 3.67. The number of nitrogens with one attached hydrogen (secondary N) is 1. The van der Waals surface area contributed by atoms with E-state index in [1.807, 2.05) is 19.1 Å². The van der Waals surface area contributed by atoms with Crippen LogP contribution in [0.5, 0.6) is 11.5 Å². The van der Waals surface area contributed by atoms with Crippen molar-refractivity contribution in [2.24, 2.45) is 0 Å². The lowest BCUT2D eigenvalue weighted by atomic mass is 10.0. The Labute approximate surface area is 99.5 Å². The summed E-state index contributed by atoms with van der Waals surface area (Å²) in [5, 5.41) is 6.63. The number of anilines is 1. The van der Waals surface area contributed by atoms with Crippen molar-refractivity contribution < 1.29 is 9.47 Å². The summed E-state index contributed by atoms with van der Waals surface area (Å²) in [5.74, 6) is 1.96. The zero-order chi connectivity index (χ0) is 12.4. The number of aromatic amines is 1. The summed E-state index contributed by atoms with van der Waals surface area (Å²) in [7, 11) is 3.23. The van der Waals surface area contributed by atoms with Crippen molar-refractivity contribution in [3.63, 3.8) is 0 Å². The molecule has 90 valence electrons. The molecule has 0 fully saturated rings. The lowest BCUT2D eigenvalue weighted by Crippen LogP contribution is -1.96. The number of H-pyrrole nitrogens is 1. The highest BCUT2D eigenvalue weighted by Gasteiger charge is 2.14. The summed E-state index contributed by atoms with van der Waals surface area (Å²) < 4.78 is 10.6. The fraction of sp³-hybridized carbons (Fsp3) is 0.250. The average molecular weight is 233 g/mol. The van der Waals surface area contributed by atoms with Crippen LogP contribution in [0.2, 0.25) is 0 Å². The number of nitrogen functional groups attached to an aromatic ring is 1. The Morgan fingerprint density at radius 3 is 2.47 bits per heavy atom. The largest absolute Gasteiger partial charge is 0.493 e. The number of benzene rings is 1. The van der Waals surface area contributed by atoms with Gasteiger partial charge in [0, 0.05) is 11.1 Å². The first-order chi connectivity index (χ1) is 8.19. The van der Waals surface area contributed by atoms with Gasteiger partial charge in [0.15, 0.2) is 11.5 Å². The molecule has 0 saturated heterocycles. The zero-order valence-corrected chi connectivity index (χ0v) is 10.1. The van der Waals surface area contributed by atoms with Crippen LogP contribution in [0.1, 0.15) is 5.56 Å². The van der Waals surface area contributed by atoms with E-state index < -0.39 is 0 Å². The van der Waals surface area contributed by atoms with Crippen LogP contribution in [0.25, 0.3) is 11.1 Å². The molecule has 1 aromatic carbocycles. The third kappa shape index (κ3) is 1.80.